The molecule has 0 aliphatic rings. The first-order valence-corrected chi connectivity index (χ1v) is 3.73. The van der Waals surface area contributed by atoms with Crippen LogP contribution in [0.25, 0.3) is 5.52 Å². The van der Waals surface area contributed by atoms with E-state index in [2.05, 4.69) is 10.1 Å². The smallest absolute Gasteiger partial charge is 0.310 e. The van der Waals surface area contributed by atoms with Gasteiger partial charge in [0, 0.05) is 5.69 Å². The van der Waals surface area contributed by atoms with Crippen molar-refractivity contribution >= 4 is 5.52 Å². The van der Waals surface area contributed by atoms with Crippen LogP contribution in [-0.4, -0.2) is 14.6 Å². The highest BCUT2D eigenvalue weighted by atomic mass is 16.1. The van der Waals surface area contributed by atoms with Crippen molar-refractivity contribution in [2.45, 2.75) is 13.8 Å². The first kappa shape index (κ1) is 7.09. The molecule has 0 saturated carbocycles. The summed E-state index contributed by atoms with van der Waals surface area (Å²) >= 11 is 0. The third kappa shape index (κ3) is 0.922. The number of hydrogen-bond donors (Lipinski definition) is 1. The van der Waals surface area contributed by atoms with Gasteiger partial charge in [-0.15, -0.1) is 0 Å². The second kappa shape index (κ2) is 2.20. The summed E-state index contributed by atoms with van der Waals surface area (Å²) in [5, 5.41) is 4.03. The topological polar surface area (TPSA) is 50.2 Å². The van der Waals surface area contributed by atoms with Crippen LogP contribution in [0.15, 0.2) is 16.9 Å². The van der Waals surface area contributed by atoms with Crippen LogP contribution < -0.4 is 5.69 Å². The summed E-state index contributed by atoms with van der Waals surface area (Å²) in [6.07, 6.45) is 0. The van der Waals surface area contributed by atoms with Crippen LogP contribution in [0.5, 0.6) is 0 Å². The molecule has 0 amide bonds. The van der Waals surface area contributed by atoms with Gasteiger partial charge in [0.2, 0.25) is 0 Å². The van der Waals surface area contributed by atoms with Crippen molar-refractivity contribution in [2.75, 3.05) is 0 Å². The molecule has 4 heteroatoms. The van der Waals surface area contributed by atoms with Crippen LogP contribution in [0.3, 0.4) is 0 Å². The fourth-order valence-corrected chi connectivity index (χ4v) is 1.26. The quantitative estimate of drug-likeness (QED) is 0.619. The minimum absolute atomic E-state index is 0.182. The van der Waals surface area contributed by atoms with Gasteiger partial charge in [0.15, 0.2) is 0 Å². The average Bonchev–Trinajstić information content (AvgIpc) is 2.29. The lowest BCUT2D eigenvalue weighted by Gasteiger charge is -1.92. The maximum Gasteiger partial charge on any atom is 0.346 e. The van der Waals surface area contributed by atoms with E-state index >= 15 is 0 Å². The molecule has 2 aromatic rings. The lowest BCUT2D eigenvalue weighted by Crippen LogP contribution is -2.17. The number of aromatic nitrogens is 3. The first-order chi connectivity index (χ1) is 5.66. The highest BCUT2D eigenvalue weighted by molar-refractivity contribution is 5.47. The monoisotopic (exact) mass is 163 g/mol. The van der Waals surface area contributed by atoms with Gasteiger partial charge in [0.1, 0.15) is 0 Å². The van der Waals surface area contributed by atoms with Crippen molar-refractivity contribution in [2.24, 2.45) is 0 Å². The Labute approximate surface area is 68.8 Å². The molecule has 0 fully saturated rings. The van der Waals surface area contributed by atoms with Crippen LogP contribution in [0.2, 0.25) is 0 Å². The van der Waals surface area contributed by atoms with Crippen molar-refractivity contribution in [1.29, 1.82) is 0 Å². The Morgan fingerprint density at radius 1 is 1.42 bits per heavy atom. The number of hydrogen-bond acceptors (Lipinski definition) is 2. The maximum absolute atomic E-state index is 11.3. The number of nitrogens with one attached hydrogen (secondary N) is 1. The predicted molar refractivity (Wildman–Crippen MR) is 45.3 cm³/mol. The first-order valence-electron chi connectivity index (χ1n) is 3.73. The number of H-pyrrole nitrogens is 1. The molecule has 2 heterocycles. The van der Waals surface area contributed by atoms with E-state index in [0.29, 0.717) is 0 Å². The Kier molecular flexibility index (Phi) is 1.30. The summed E-state index contributed by atoms with van der Waals surface area (Å²) in [5.74, 6) is 0. The summed E-state index contributed by atoms with van der Waals surface area (Å²) in [6.45, 7) is 3.71. The summed E-state index contributed by atoms with van der Waals surface area (Å²) in [6, 6.07) is 3.77. The molecular formula is C8H9N3O. The van der Waals surface area contributed by atoms with Gasteiger partial charge in [-0.2, -0.15) is 9.61 Å². The zero-order valence-electron chi connectivity index (χ0n) is 6.96. The predicted octanol–water partition coefficient (Wildman–Crippen LogP) is 0.639. The Balaban J connectivity index is 2.98. The molecule has 12 heavy (non-hydrogen) atoms. The lowest BCUT2D eigenvalue weighted by atomic mass is 10.3. The molecule has 0 saturated heterocycles. The van der Waals surface area contributed by atoms with E-state index in [4.69, 9.17) is 0 Å². The normalized spacial score (nSPS) is 10.8. The van der Waals surface area contributed by atoms with Gasteiger partial charge in [0.25, 0.3) is 0 Å². The average molecular weight is 163 g/mol. The van der Waals surface area contributed by atoms with E-state index in [1.54, 1.807) is 0 Å². The molecule has 0 bridgehead atoms. The fourth-order valence-electron chi connectivity index (χ4n) is 1.26. The summed E-state index contributed by atoms with van der Waals surface area (Å²) in [4.78, 5) is 13.9. The molecule has 0 aliphatic heterocycles. The molecule has 0 unspecified atom stereocenters. The van der Waals surface area contributed by atoms with Crippen LogP contribution in [0.4, 0.5) is 0 Å². The molecule has 1 N–H and O–H groups in total. The number of rotatable bonds is 0. The van der Waals surface area contributed by atoms with Gasteiger partial charge in [0.05, 0.1) is 11.2 Å². The Morgan fingerprint density at radius 3 is 2.92 bits per heavy atom. The molecule has 2 rings (SSSR count). The van der Waals surface area contributed by atoms with E-state index in [1.165, 1.54) is 4.52 Å². The van der Waals surface area contributed by atoms with E-state index in [1.807, 2.05) is 26.0 Å². The highest BCUT2D eigenvalue weighted by Gasteiger charge is 2.00. The number of fused-ring (bicyclic) bond motifs is 1. The Bertz CT molecular complexity index is 480. The minimum atomic E-state index is -0.182. The molecule has 0 spiro atoms. The van der Waals surface area contributed by atoms with Gasteiger partial charge in [-0.1, -0.05) is 0 Å². The molecular weight excluding hydrogens is 154 g/mol. The van der Waals surface area contributed by atoms with Crippen molar-refractivity contribution < 1.29 is 0 Å². The van der Waals surface area contributed by atoms with E-state index < -0.39 is 0 Å². The van der Waals surface area contributed by atoms with Crippen LogP contribution >= 0.6 is 0 Å². The van der Waals surface area contributed by atoms with Crippen molar-refractivity contribution in [3.8, 4) is 0 Å². The summed E-state index contributed by atoms with van der Waals surface area (Å²) < 4.78 is 1.36. The van der Waals surface area contributed by atoms with Gasteiger partial charge in [-0.05, 0) is 26.0 Å². The molecule has 0 aromatic carbocycles. The van der Waals surface area contributed by atoms with Crippen LogP contribution in [0.1, 0.15) is 11.4 Å². The molecule has 2 aromatic heterocycles. The van der Waals surface area contributed by atoms with Crippen molar-refractivity contribution in [3.05, 3.63) is 34.0 Å². The summed E-state index contributed by atoms with van der Waals surface area (Å²) in [5.41, 5.74) is 2.37. The molecule has 4 nitrogen and oxygen atoms in total. The van der Waals surface area contributed by atoms with Gasteiger partial charge >= 0.3 is 5.69 Å². The van der Waals surface area contributed by atoms with Crippen molar-refractivity contribution in [3.63, 3.8) is 0 Å². The van der Waals surface area contributed by atoms with Crippen molar-refractivity contribution in [1.82, 2.24) is 14.6 Å². The van der Waals surface area contributed by atoms with E-state index in [0.717, 1.165) is 16.9 Å². The third-order valence-electron chi connectivity index (χ3n) is 1.72. The zero-order valence-corrected chi connectivity index (χ0v) is 6.96. The highest BCUT2D eigenvalue weighted by Crippen LogP contribution is 2.02. The van der Waals surface area contributed by atoms with E-state index in [9.17, 15) is 4.79 Å². The second-order valence-corrected chi connectivity index (χ2v) is 2.88. The molecule has 62 valence electrons. The fraction of sp³-hybridized carbons (Fsp3) is 0.250. The Hall–Kier alpha value is -1.58. The van der Waals surface area contributed by atoms with Gasteiger partial charge in [-0.3, -0.25) is 0 Å². The number of nitrogens with zero attached hydrogens (tertiary/aromatic N) is 2. The number of aryl methyl sites for hydroxylation is 2. The van der Waals surface area contributed by atoms with Gasteiger partial charge in [-0.25, -0.2) is 4.79 Å². The maximum atomic E-state index is 11.3. The second-order valence-electron chi connectivity index (χ2n) is 2.88. The third-order valence-corrected chi connectivity index (χ3v) is 1.72. The zero-order chi connectivity index (χ0) is 8.72. The molecule has 0 aliphatic carbocycles. The lowest BCUT2D eigenvalue weighted by molar-refractivity contribution is 0.842. The Morgan fingerprint density at radius 2 is 2.17 bits per heavy atom. The molecule has 0 radical (unpaired) electrons. The van der Waals surface area contributed by atoms with Gasteiger partial charge < -0.3 is 4.98 Å². The number of aromatic amines is 1. The largest absolute Gasteiger partial charge is 0.346 e. The van der Waals surface area contributed by atoms with Crippen LogP contribution in [-0.2, 0) is 0 Å². The SMILES string of the molecule is Cc1cc2cc(C)[nH]c(=O)n2n1. The standard InChI is InChI=1S/C8H9N3O/c1-5-3-7-4-6(2)10-11(7)8(12)9-5/h3-4H,1-2H3,(H,9,12). The molecule has 0 atom stereocenters. The van der Waals surface area contributed by atoms with Crippen LogP contribution in [0, 0.1) is 13.8 Å². The summed E-state index contributed by atoms with van der Waals surface area (Å²) in [7, 11) is 0. The minimum Gasteiger partial charge on any atom is -0.310 e. The van der Waals surface area contributed by atoms with E-state index in [-0.39, 0.29) is 5.69 Å².